The predicted molar refractivity (Wildman–Crippen MR) is 321 cm³/mol. The van der Waals surface area contributed by atoms with Crippen molar-refractivity contribution < 1.29 is 83.5 Å². The van der Waals surface area contributed by atoms with E-state index in [1.165, 1.54) is 62.6 Å². The van der Waals surface area contributed by atoms with Gasteiger partial charge in [0.15, 0.2) is 0 Å². The standard InChI is InChI=1S/C60H84N6O18S2/c1-57(2,3)81-51(67)37-49(55(71)83-59(7,8)9)65(85(73,74)63(13)39-41-15-27-47(28-16-41)79-53(69)43-19-23-45(61)24-20-43)31-33-77-35-36-78-34-32-66(50(56(72)84-60(10,11)12)38-52(68)82-58(4,5)6)86(75,76)64(14)40-42-17-29-48(30-18-42)80-54(70)44-21-25-46(62)26-22-44/h15-30,49-50H,31-40,61-62H2,1-14H3/t49-,50-/m0/s1. The zero-order valence-electron chi connectivity index (χ0n) is 51.6. The molecule has 24 nitrogen and oxygen atoms in total. The van der Waals surface area contributed by atoms with E-state index >= 15 is 0 Å². The van der Waals surface area contributed by atoms with Crippen LogP contribution in [-0.2, 0) is 81.1 Å². The van der Waals surface area contributed by atoms with Crippen LogP contribution in [0.1, 0.15) is 128 Å². The third-order valence-electron chi connectivity index (χ3n) is 11.6. The molecule has 0 bridgehead atoms. The fraction of sp³-hybridized carbons (Fsp3) is 0.500. The minimum atomic E-state index is -4.68. The molecule has 0 unspecified atom stereocenters. The first-order valence-electron chi connectivity index (χ1n) is 27.6. The quantitative estimate of drug-likeness (QED) is 0.0184. The average molecular weight is 1240 g/mol. The lowest BCUT2D eigenvalue weighted by molar-refractivity contribution is -0.167. The third kappa shape index (κ3) is 24.0. The summed E-state index contributed by atoms with van der Waals surface area (Å²) in [6.45, 7) is 16.5. The highest BCUT2D eigenvalue weighted by atomic mass is 32.2. The molecule has 86 heavy (non-hydrogen) atoms. The minimum absolute atomic E-state index is 0.179. The van der Waals surface area contributed by atoms with Crippen LogP contribution in [0.3, 0.4) is 0 Å². The molecule has 2 atom stereocenters. The molecule has 0 saturated carbocycles. The maximum Gasteiger partial charge on any atom is 0.343 e. The van der Waals surface area contributed by atoms with Gasteiger partial charge in [-0.2, -0.15) is 34.1 Å². The van der Waals surface area contributed by atoms with Gasteiger partial charge in [-0.15, -0.1) is 0 Å². The summed E-state index contributed by atoms with van der Waals surface area (Å²) < 4.78 is 107. The topological polar surface area (TPSA) is 310 Å². The normalized spacial score (nSPS) is 13.3. The van der Waals surface area contributed by atoms with Crippen molar-refractivity contribution in [3.05, 3.63) is 119 Å². The largest absolute Gasteiger partial charge is 0.460 e. The molecule has 0 amide bonds. The first kappa shape index (κ1) is 71.4. The van der Waals surface area contributed by atoms with Gasteiger partial charge >= 0.3 is 35.8 Å². The number of nitrogens with two attached hydrogens (primary N) is 2. The number of carbonyl (C=O) groups is 6. The smallest absolute Gasteiger partial charge is 0.343 e. The van der Waals surface area contributed by atoms with E-state index in [4.69, 9.17) is 49.4 Å². The fourth-order valence-corrected chi connectivity index (χ4v) is 10.8. The number of ether oxygens (including phenoxy) is 8. The molecule has 0 saturated heterocycles. The van der Waals surface area contributed by atoms with E-state index in [1.807, 2.05) is 0 Å². The van der Waals surface area contributed by atoms with Gasteiger partial charge in [0.25, 0.3) is 20.4 Å². The van der Waals surface area contributed by atoms with Crippen molar-refractivity contribution >= 4 is 67.6 Å². The molecule has 4 aromatic carbocycles. The van der Waals surface area contributed by atoms with Crippen molar-refractivity contribution in [1.29, 1.82) is 0 Å². The monoisotopic (exact) mass is 1240 g/mol. The van der Waals surface area contributed by atoms with E-state index in [9.17, 15) is 45.6 Å². The van der Waals surface area contributed by atoms with Crippen LogP contribution in [0.15, 0.2) is 97.1 Å². The first-order chi connectivity index (χ1) is 39.7. The van der Waals surface area contributed by atoms with E-state index in [0.29, 0.717) is 22.5 Å². The van der Waals surface area contributed by atoms with Gasteiger partial charge in [0.2, 0.25) is 0 Å². The van der Waals surface area contributed by atoms with Crippen LogP contribution in [0, 0.1) is 0 Å². The zero-order chi connectivity index (χ0) is 64.6. The lowest BCUT2D eigenvalue weighted by Crippen LogP contribution is -2.53. The number of benzene rings is 4. The molecule has 0 heterocycles. The van der Waals surface area contributed by atoms with Crippen molar-refractivity contribution in [3.8, 4) is 11.5 Å². The van der Waals surface area contributed by atoms with Gasteiger partial charge in [-0.1, -0.05) is 24.3 Å². The van der Waals surface area contributed by atoms with Crippen LogP contribution in [0.25, 0.3) is 0 Å². The second-order valence-electron chi connectivity index (χ2n) is 24.0. The molecule has 4 aromatic rings. The van der Waals surface area contributed by atoms with E-state index in [1.54, 1.807) is 132 Å². The maximum absolute atomic E-state index is 14.7. The van der Waals surface area contributed by atoms with E-state index in [-0.39, 0.29) is 62.1 Å². The molecule has 474 valence electrons. The van der Waals surface area contributed by atoms with E-state index < -0.39 is 117 Å². The second kappa shape index (κ2) is 30.5. The van der Waals surface area contributed by atoms with Crippen LogP contribution in [0.5, 0.6) is 11.5 Å². The fourth-order valence-electron chi connectivity index (χ4n) is 7.85. The van der Waals surface area contributed by atoms with Crippen molar-refractivity contribution in [2.45, 2.75) is 144 Å². The van der Waals surface area contributed by atoms with Gasteiger partial charge in [-0.3, -0.25) is 19.2 Å². The highest BCUT2D eigenvalue weighted by Gasteiger charge is 2.43. The molecule has 0 radical (unpaired) electrons. The Labute approximate surface area is 505 Å². The van der Waals surface area contributed by atoms with Gasteiger partial charge in [0, 0.05) is 51.6 Å². The number of esters is 6. The van der Waals surface area contributed by atoms with E-state index in [2.05, 4.69) is 0 Å². The Morgan fingerprint density at radius 3 is 1.00 bits per heavy atom. The summed E-state index contributed by atoms with van der Waals surface area (Å²) in [5.74, 6) is -4.77. The molecule has 26 heteroatoms. The molecule has 0 aliphatic heterocycles. The Bertz CT molecular complexity index is 2940. The van der Waals surface area contributed by atoms with Gasteiger partial charge in [-0.05, 0) is 167 Å². The van der Waals surface area contributed by atoms with Crippen LogP contribution < -0.4 is 20.9 Å². The molecule has 0 fully saturated rings. The summed E-state index contributed by atoms with van der Waals surface area (Å²) in [7, 11) is -6.81. The SMILES string of the molecule is CN(Cc1ccc(OC(=O)c2ccc(N)cc2)cc1)S(=O)(=O)N(CCOCCOCCN([C@@H](CC(=O)OC(C)(C)C)C(=O)OC(C)(C)C)S(=O)(=O)N(C)Cc1ccc(OC(=O)c2ccc(N)cc2)cc1)[C@@H](CC(=O)OC(C)(C)C)C(=O)OC(C)(C)C. The van der Waals surface area contributed by atoms with Crippen LogP contribution in [-0.4, -0.2) is 158 Å². The number of rotatable bonds is 29. The number of nitrogens with zero attached hydrogens (tertiary/aromatic N) is 4. The highest BCUT2D eigenvalue weighted by molar-refractivity contribution is 7.87. The van der Waals surface area contributed by atoms with Gasteiger partial charge in [0.1, 0.15) is 46.0 Å². The Morgan fingerprint density at radius 1 is 0.430 bits per heavy atom. The first-order valence-corrected chi connectivity index (χ1v) is 30.4. The van der Waals surface area contributed by atoms with Crippen molar-refractivity contribution in [1.82, 2.24) is 17.2 Å². The Hall–Kier alpha value is -7.04. The summed E-state index contributed by atoms with van der Waals surface area (Å²) in [6, 6.07) is 20.9. The molecular formula is C60H84N6O18S2. The van der Waals surface area contributed by atoms with Crippen LogP contribution >= 0.6 is 0 Å². The number of hydrogen-bond donors (Lipinski definition) is 2. The molecule has 0 aliphatic rings. The van der Waals surface area contributed by atoms with Crippen LogP contribution in [0.4, 0.5) is 11.4 Å². The molecular weight excluding hydrogens is 1160 g/mol. The highest BCUT2D eigenvalue weighted by Crippen LogP contribution is 2.26. The Balaban J connectivity index is 1.55. The molecule has 0 spiro atoms. The predicted octanol–water partition coefficient (Wildman–Crippen LogP) is 6.86. The summed E-state index contributed by atoms with van der Waals surface area (Å²) in [5.41, 5.74) is 9.60. The summed E-state index contributed by atoms with van der Waals surface area (Å²) in [4.78, 5) is 80.4. The number of carbonyl (C=O) groups excluding carboxylic acids is 6. The van der Waals surface area contributed by atoms with Gasteiger partial charge in [-0.25, -0.2) is 9.59 Å². The van der Waals surface area contributed by atoms with Gasteiger partial charge in [0.05, 0.1) is 50.4 Å². The van der Waals surface area contributed by atoms with E-state index in [0.717, 1.165) is 17.2 Å². The summed E-state index contributed by atoms with van der Waals surface area (Å²) in [5, 5.41) is 0. The summed E-state index contributed by atoms with van der Waals surface area (Å²) >= 11 is 0. The Kier molecular flexibility index (Phi) is 25.4. The molecule has 4 rings (SSSR count). The summed E-state index contributed by atoms with van der Waals surface area (Å²) in [6.07, 6.45) is -1.47. The number of nitrogen functional groups attached to an aromatic ring is 2. The van der Waals surface area contributed by atoms with Crippen molar-refractivity contribution in [2.24, 2.45) is 0 Å². The van der Waals surface area contributed by atoms with Crippen molar-refractivity contribution in [3.63, 3.8) is 0 Å². The molecule has 0 aliphatic carbocycles. The molecule has 0 aromatic heterocycles. The zero-order valence-corrected chi connectivity index (χ0v) is 53.2. The lowest BCUT2D eigenvalue weighted by Gasteiger charge is -2.34. The Morgan fingerprint density at radius 2 is 0.721 bits per heavy atom. The van der Waals surface area contributed by atoms with Crippen LogP contribution in [0.2, 0.25) is 0 Å². The second-order valence-corrected chi connectivity index (χ2v) is 27.9. The number of anilines is 2. The number of hydrogen-bond acceptors (Lipinski definition) is 20. The average Bonchev–Trinajstić information content (AvgIpc) is 1.22. The maximum atomic E-state index is 14.7. The minimum Gasteiger partial charge on any atom is -0.460 e. The van der Waals surface area contributed by atoms with Gasteiger partial charge < -0.3 is 49.4 Å². The third-order valence-corrected chi connectivity index (χ3v) is 15.5. The lowest BCUT2D eigenvalue weighted by atomic mass is 10.1. The molecule has 4 N–H and O–H groups in total. The van der Waals surface area contributed by atoms with Crippen molar-refractivity contribution in [2.75, 3.05) is 65.1 Å².